The number of para-hydroxylation sites is 2. The minimum atomic E-state index is -4.42. The molecule has 0 saturated carbocycles. The van der Waals surface area contributed by atoms with Crippen LogP contribution in [0.5, 0.6) is 17.2 Å². The fraction of sp³-hybridized carbons (Fsp3) is 0.357. The molecule has 9 heteroatoms. The third-order valence-corrected chi connectivity index (χ3v) is 7.15. The summed E-state index contributed by atoms with van der Waals surface area (Å²) in [5, 5.41) is 0. The van der Waals surface area contributed by atoms with Gasteiger partial charge in [-0.2, -0.15) is 13.2 Å². The smallest absolute Gasteiger partial charge is 0.416 e. The van der Waals surface area contributed by atoms with E-state index in [-0.39, 0.29) is 18.2 Å². The SMILES string of the molecule is COc1cccc(OC)c1N1CC[C@@H](N2CN(Cc3ccccc3C(F)(F)F)c3c(OC)cccc32)C1. The quantitative estimate of drug-likeness (QED) is 0.398. The van der Waals surface area contributed by atoms with E-state index >= 15 is 0 Å². The molecule has 5 rings (SSSR count). The van der Waals surface area contributed by atoms with Crippen LogP contribution in [0.3, 0.4) is 0 Å². The summed E-state index contributed by atoms with van der Waals surface area (Å²) in [5.41, 5.74) is 2.31. The van der Waals surface area contributed by atoms with Gasteiger partial charge in [0.25, 0.3) is 0 Å². The fourth-order valence-corrected chi connectivity index (χ4v) is 5.48. The van der Waals surface area contributed by atoms with Gasteiger partial charge in [0.15, 0.2) is 0 Å². The molecule has 1 saturated heterocycles. The highest BCUT2D eigenvalue weighted by Crippen LogP contribution is 2.47. The average molecular weight is 514 g/mol. The molecule has 0 bridgehead atoms. The molecule has 6 nitrogen and oxygen atoms in total. The number of anilines is 3. The van der Waals surface area contributed by atoms with Crippen molar-refractivity contribution in [2.45, 2.75) is 25.2 Å². The number of rotatable bonds is 7. The highest BCUT2D eigenvalue weighted by molar-refractivity contribution is 5.82. The van der Waals surface area contributed by atoms with Gasteiger partial charge in [-0.25, -0.2) is 0 Å². The van der Waals surface area contributed by atoms with Gasteiger partial charge in [0.05, 0.1) is 39.2 Å². The van der Waals surface area contributed by atoms with Crippen molar-refractivity contribution in [2.24, 2.45) is 0 Å². The van der Waals surface area contributed by atoms with Crippen molar-refractivity contribution in [3.05, 3.63) is 71.8 Å². The molecule has 1 atom stereocenters. The van der Waals surface area contributed by atoms with Gasteiger partial charge < -0.3 is 28.9 Å². The second kappa shape index (κ2) is 9.95. The first-order valence-electron chi connectivity index (χ1n) is 12.1. The number of ether oxygens (including phenoxy) is 3. The van der Waals surface area contributed by atoms with Crippen molar-refractivity contribution < 1.29 is 27.4 Å². The summed E-state index contributed by atoms with van der Waals surface area (Å²) in [6.07, 6.45) is -3.54. The number of alkyl halides is 3. The Bertz CT molecular complexity index is 1240. The van der Waals surface area contributed by atoms with Gasteiger partial charge >= 0.3 is 6.18 Å². The van der Waals surface area contributed by atoms with E-state index in [0.717, 1.165) is 54.1 Å². The lowest BCUT2D eigenvalue weighted by molar-refractivity contribution is -0.138. The zero-order valence-electron chi connectivity index (χ0n) is 21.1. The highest BCUT2D eigenvalue weighted by Gasteiger charge is 2.39. The van der Waals surface area contributed by atoms with Gasteiger partial charge in [0, 0.05) is 25.7 Å². The zero-order valence-corrected chi connectivity index (χ0v) is 21.1. The van der Waals surface area contributed by atoms with Crippen LogP contribution >= 0.6 is 0 Å². The van der Waals surface area contributed by atoms with Gasteiger partial charge in [-0.1, -0.05) is 30.3 Å². The normalized spacial score (nSPS) is 17.2. The Morgan fingerprint density at radius 2 is 1.43 bits per heavy atom. The maximum Gasteiger partial charge on any atom is 0.416 e. The molecular weight excluding hydrogens is 483 g/mol. The molecule has 2 aliphatic rings. The predicted molar refractivity (Wildman–Crippen MR) is 138 cm³/mol. The van der Waals surface area contributed by atoms with Crippen molar-refractivity contribution in [1.82, 2.24) is 0 Å². The molecule has 0 unspecified atom stereocenters. The summed E-state index contributed by atoms with van der Waals surface area (Å²) in [4.78, 5) is 6.50. The average Bonchev–Trinajstić information content (AvgIpc) is 3.53. The van der Waals surface area contributed by atoms with Crippen LogP contribution in [-0.4, -0.2) is 47.1 Å². The Labute approximate surface area is 214 Å². The summed E-state index contributed by atoms with van der Waals surface area (Å²) in [7, 11) is 4.88. The summed E-state index contributed by atoms with van der Waals surface area (Å²) in [6, 6.07) is 17.4. The summed E-state index contributed by atoms with van der Waals surface area (Å²) in [5.74, 6) is 2.13. The van der Waals surface area contributed by atoms with Crippen molar-refractivity contribution in [1.29, 1.82) is 0 Å². The Morgan fingerprint density at radius 3 is 2.08 bits per heavy atom. The highest BCUT2D eigenvalue weighted by atomic mass is 19.4. The lowest BCUT2D eigenvalue weighted by Gasteiger charge is -2.29. The Hall–Kier alpha value is -3.75. The number of nitrogens with zero attached hydrogens (tertiary/aromatic N) is 3. The molecule has 2 heterocycles. The number of hydrogen-bond donors (Lipinski definition) is 0. The Morgan fingerprint density at radius 1 is 0.811 bits per heavy atom. The number of hydrogen-bond acceptors (Lipinski definition) is 6. The van der Waals surface area contributed by atoms with E-state index in [2.05, 4.69) is 9.80 Å². The molecule has 0 spiro atoms. The van der Waals surface area contributed by atoms with Gasteiger partial charge in [0.2, 0.25) is 0 Å². The fourth-order valence-electron chi connectivity index (χ4n) is 5.48. The van der Waals surface area contributed by atoms with Crippen molar-refractivity contribution >= 4 is 17.1 Å². The minimum absolute atomic E-state index is 0.121. The monoisotopic (exact) mass is 513 g/mol. The van der Waals surface area contributed by atoms with E-state index in [0.29, 0.717) is 12.4 Å². The van der Waals surface area contributed by atoms with Crippen LogP contribution in [0.15, 0.2) is 60.7 Å². The van der Waals surface area contributed by atoms with Gasteiger partial charge in [-0.3, -0.25) is 0 Å². The maximum atomic E-state index is 13.7. The summed E-state index contributed by atoms with van der Waals surface area (Å²) >= 11 is 0. The van der Waals surface area contributed by atoms with Crippen LogP contribution in [0.25, 0.3) is 0 Å². The second-order valence-corrected chi connectivity index (χ2v) is 9.19. The van der Waals surface area contributed by atoms with E-state index in [1.54, 1.807) is 33.5 Å². The molecule has 3 aromatic rings. The minimum Gasteiger partial charge on any atom is -0.495 e. The Balaban J connectivity index is 1.45. The molecule has 37 heavy (non-hydrogen) atoms. The van der Waals surface area contributed by atoms with Gasteiger partial charge in [0.1, 0.15) is 28.6 Å². The molecular formula is C28H30F3N3O3. The van der Waals surface area contributed by atoms with Crippen LogP contribution in [0.4, 0.5) is 30.2 Å². The van der Waals surface area contributed by atoms with Crippen molar-refractivity contribution in [3.8, 4) is 17.2 Å². The number of fused-ring (bicyclic) bond motifs is 1. The van der Waals surface area contributed by atoms with Crippen LogP contribution in [0, 0.1) is 0 Å². The lowest BCUT2D eigenvalue weighted by atomic mass is 10.1. The zero-order chi connectivity index (χ0) is 26.2. The summed E-state index contributed by atoms with van der Waals surface area (Å²) < 4.78 is 58.1. The first-order chi connectivity index (χ1) is 17.9. The molecule has 1 fully saturated rings. The lowest BCUT2D eigenvalue weighted by Crippen LogP contribution is -2.40. The molecule has 0 radical (unpaired) electrons. The molecule has 0 amide bonds. The molecule has 0 N–H and O–H groups in total. The molecule has 0 aromatic heterocycles. The van der Waals surface area contributed by atoms with Crippen LogP contribution in [0.2, 0.25) is 0 Å². The maximum absolute atomic E-state index is 13.7. The van der Waals surface area contributed by atoms with E-state index < -0.39 is 11.7 Å². The molecule has 196 valence electrons. The van der Waals surface area contributed by atoms with Gasteiger partial charge in [-0.05, 0) is 42.3 Å². The number of halogens is 3. The number of methoxy groups -OCH3 is 3. The predicted octanol–water partition coefficient (Wildman–Crippen LogP) is 5.79. The number of benzene rings is 3. The van der Waals surface area contributed by atoms with E-state index in [9.17, 15) is 13.2 Å². The third kappa shape index (κ3) is 4.58. The molecule has 2 aliphatic heterocycles. The molecule has 0 aliphatic carbocycles. The summed E-state index contributed by atoms with van der Waals surface area (Å²) in [6.45, 7) is 2.11. The van der Waals surface area contributed by atoms with E-state index in [1.807, 2.05) is 41.3 Å². The van der Waals surface area contributed by atoms with Crippen molar-refractivity contribution in [3.63, 3.8) is 0 Å². The Kier molecular flexibility index (Phi) is 6.70. The molecule has 3 aromatic carbocycles. The van der Waals surface area contributed by atoms with Crippen LogP contribution in [0.1, 0.15) is 17.5 Å². The van der Waals surface area contributed by atoms with Crippen molar-refractivity contribution in [2.75, 3.05) is 55.8 Å². The standard InChI is InChI=1S/C28H30F3N3O3/c1-35-23-11-6-10-22-26(23)33(16-19-8-4-5-9-21(19)28(29,30)31)18-34(22)20-14-15-32(17-20)27-24(36-2)12-7-13-25(27)37-3/h4-13,20H,14-18H2,1-3H3/t20-/m1/s1. The van der Waals surface area contributed by atoms with Crippen LogP contribution < -0.4 is 28.9 Å². The largest absolute Gasteiger partial charge is 0.495 e. The van der Waals surface area contributed by atoms with E-state index in [4.69, 9.17) is 14.2 Å². The van der Waals surface area contributed by atoms with Crippen LogP contribution in [-0.2, 0) is 12.7 Å². The third-order valence-electron chi connectivity index (χ3n) is 7.15. The van der Waals surface area contributed by atoms with E-state index in [1.165, 1.54) is 6.07 Å². The first kappa shape index (κ1) is 24.9. The first-order valence-corrected chi connectivity index (χ1v) is 12.1. The topological polar surface area (TPSA) is 37.4 Å². The second-order valence-electron chi connectivity index (χ2n) is 9.19. The van der Waals surface area contributed by atoms with Gasteiger partial charge in [-0.15, -0.1) is 0 Å².